The minimum Gasteiger partial charge on any atom is -0.457 e. The highest BCUT2D eigenvalue weighted by molar-refractivity contribution is 5.98. The summed E-state index contributed by atoms with van der Waals surface area (Å²) in [6.45, 7) is 1.89. The van der Waals surface area contributed by atoms with Gasteiger partial charge in [0.2, 0.25) is 5.91 Å². The lowest BCUT2D eigenvalue weighted by molar-refractivity contribution is -0.170. The second-order valence-corrected chi connectivity index (χ2v) is 9.13. The summed E-state index contributed by atoms with van der Waals surface area (Å²) in [4.78, 5) is 36.2. The maximum absolute atomic E-state index is 12.9. The zero-order valence-electron chi connectivity index (χ0n) is 16.5. The summed E-state index contributed by atoms with van der Waals surface area (Å²) in [5, 5.41) is 2.75. The fourth-order valence-corrected chi connectivity index (χ4v) is 5.97. The second kappa shape index (κ2) is 7.69. The Hall–Kier alpha value is -2.17. The molecule has 28 heavy (non-hydrogen) atoms. The Morgan fingerprint density at radius 3 is 2.11 bits per heavy atom. The third-order valence-corrected chi connectivity index (χ3v) is 6.87. The van der Waals surface area contributed by atoms with Gasteiger partial charge < -0.3 is 10.1 Å². The van der Waals surface area contributed by atoms with E-state index in [1.54, 1.807) is 12.1 Å². The largest absolute Gasteiger partial charge is 0.457 e. The van der Waals surface area contributed by atoms with E-state index in [9.17, 15) is 14.4 Å². The molecule has 5 heteroatoms. The molecule has 1 aromatic rings. The Balaban J connectivity index is 1.29. The number of carbonyl (C=O) groups is 3. The van der Waals surface area contributed by atoms with Crippen LogP contribution in [0.1, 0.15) is 61.4 Å². The monoisotopic (exact) mass is 383 g/mol. The van der Waals surface area contributed by atoms with Crippen molar-refractivity contribution < 1.29 is 19.1 Å². The number of ketones is 1. The standard InChI is InChI=1S/C23H29NO4/c1-15(25)24-7-6-16-2-4-20(5-3-16)21(26)14-28-22(27)23-11-17-8-18(12-23)10-19(9-17)13-23/h2-5,17-19H,6-14H2,1H3,(H,24,25). The average Bonchev–Trinajstić information content (AvgIpc) is 2.65. The van der Waals surface area contributed by atoms with E-state index in [2.05, 4.69) is 5.32 Å². The van der Waals surface area contributed by atoms with Crippen LogP contribution in [0.3, 0.4) is 0 Å². The van der Waals surface area contributed by atoms with Crippen LogP contribution in [0.15, 0.2) is 24.3 Å². The summed E-state index contributed by atoms with van der Waals surface area (Å²) in [7, 11) is 0. The van der Waals surface area contributed by atoms with E-state index in [0.717, 1.165) is 31.2 Å². The summed E-state index contributed by atoms with van der Waals surface area (Å²) in [6.07, 6.45) is 7.41. The molecule has 5 nitrogen and oxygen atoms in total. The molecule has 0 aliphatic heterocycles. The van der Waals surface area contributed by atoms with Gasteiger partial charge in [0, 0.05) is 19.0 Å². The molecular formula is C23H29NO4. The quantitative estimate of drug-likeness (QED) is 0.579. The first-order valence-corrected chi connectivity index (χ1v) is 10.5. The molecule has 4 bridgehead atoms. The predicted molar refractivity (Wildman–Crippen MR) is 105 cm³/mol. The highest BCUT2D eigenvalue weighted by Gasteiger charge is 2.55. The molecule has 4 saturated carbocycles. The maximum atomic E-state index is 12.9. The molecule has 0 aromatic heterocycles. The van der Waals surface area contributed by atoms with Gasteiger partial charge in [-0.1, -0.05) is 24.3 Å². The minimum absolute atomic E-state index is 0.0485. The summed E-state index contributed by atoms with van der Waals surface area (Å²) >= 11 is 0. The molecule has 0 radical (unpaired) electrons. The lowest BCUT2D eigenvalue weighted by atomic mass is 9.49. The Labute approximate surface area is 166 Å². The van der Waals surface area contributed by atoms with Crippen molar-refractivity contribution in [3.05, 3.63) is 35.4 Å². The van der Waals surface area contributed by atoms with E-state index < -0.39 is 0 Å². The molecule has 4 aliphatic carbocycles. The molecule has 5 rings (SSSR count). The summed E-state index contributed by atoms with van der Waals surface area (Å²) in [5.74, 6) is 1.68. The third-order valence-electron chi connectivity index (χ3n) is 6.87. The van der Waals surface area contributed by atoms with Crippen molar-refractivity contribution in [2.45, 2.75) is 51.9 Å². The fourth-order valence-electron chi connectivity index (χ4n) is 5.97. The van der Waals surface area contributed by atoms with Crippen LogP contribution in [0, 0.1) is 23.2 Å². The number of Topliss-reactive ketones (excluding diaryl/α,β-unsaturated/α-hetero) is 1. The molecule has 4 fully saturated rings. The molecule has 0 unspecified atom stereocenters. The summed E-state index contributed by atoms with van der Waals surface area (Å²) < 4.78 is 5.53. The zero-order valence-corrected chi connectivity index (χ0v) is 16.5. The molecule has 0 saturated heterocycles. The molecule has 1 N–H and O–H groups in total. The molecule has 4 aliphatic rings. The second-order valence-electron chi connectivity index (χ2n) is 9.13. The maximum Gasteiger partial charge on any atom is 0.312 e. The van der Waals surface area contributed by atoms with Crippen LogP contribution in [-0.4, -0.2) is 30.8 Å². The van der Waals surface area contributed by atoms with Crippen molar-refractivity contribution >= 4 is 17.7 Å². The van der Waals surface area contributed by atoms with Crippen LogP contribution < -0.4 is 5.32 Å². The molecule has 1 aromatic carbocycles. The highest BCUT2D eigenvalue weighted by atomic mass is 16.5. The van der Waals surface area contributed by atoms with Crippen molar-refractivity contribution in [3.63, 3.8) is 0 Å². The Bertz CT molecular complexity index is 732. The van der Waals surface area contributed by atoms with E-state index in [1.165, 1.54) is 26.2 Å². The first-order chi connectivity index (χ1) is 13.4. The number of hydrogen-bond donors (Lipinski definition) is 1. The van der Waals surface area contributed by atoms with Gasteiger partial charge in [0.1, 0.15) is 0 Å². The summed E-state index contributed by atoms with van der Waals surface area (Å²) in [6, 6.07) is 7.31. The van der Waals surface area contributed by atoms with Crippen LogP contribution in [-0.2, 0) is 20.7 Å². The fraction of sp³-hybridized carbons (Fsp3) is 0.609. The number of benzene rings is 1. The average molecular weight is 383 g/mol. The number of nitrogens with one attached hydrogen (secondary N) is 1. The van der Waals surface area contributed by atoms with Crippen molar-refractivity contribution in [1.29, 1.82) is 0 Å². The lowest BCUT2D eigenvalue weighted by Gasteiger charge is -2.55. The number of esters is 1. The van der Waals surface area contributed by atoms with Gasteiger partial charge in [-0.3, -0.25) is 14.4 Å². The van der Waals surface area contributed by atoms with E-state index in [-0.39, 0.29) is 29.7 Å². The first kappa shape index (κ1) is 19.2. The molecule has 1 amide bonds. The van der Waals surface area contributed by atoms with Crippen molar-refractivity contribution in [1.82, 2.24) is 5.32 Å². The van der Waals surface area contributed by atoms with Gasteiger partial charge >= 0.3 is 5.97 Å². The topological polar surface area (TPSA) is 72.5 Å². The lowest BCUT2D eigenvalue weighted by Crippen LogP contribution is -2.50. The van der Waals surface area contributed by atoms with Gasteiger partial charge in [-0.15, -0.1) is 0 Å². The molecule has 0 spiro atoms. The molecular weight excluding hydrogens is 354 g/mol. The smallest absolute Gasteiger partial charge is 0.312 e. The SMILES string of the molecule is CC(=O)NCCc1ccc(C(=O)COC(=O)C23CC4CC(CC(C4)C2)C3)cc1. The van der Waals surface area contributed by atoms with Gasteiger partial charge in [0.25, 0.3) is 0 Å². The number of carbonyl (C=O) groups excluding carboxylic acids is 3. The van der Waals surface area contributed by atoms with Crippen molar-refractivity contribution in [3.8, 4) is 0 Å². The van der Waals surface area contributed by atoms with Gasteiger partial charge in [-0.25, -0.2) is 0 Å². The van der Waals surface area contributed by atoms with E-state index in [4.69, 9.17) is 4.74 Å². The molecule has 0 heterocycles. The predicted octanol–water partition coefficient (Wildman–Crippen LogP) is 3.31. The Morgan fingerprint density at radius 1 is 1.00 bits per heavy atom. The van der Waals surface area contributed by atoms with Crippen LogP contribution in [0.2, 0.25) is 0 Å². The van der Waals surface area contributed by atoms with E-state index >= 15 is 0 Å². The van der Waals surface area contributed by atoms with Gasteiger partial charge in [0.05, 0.1) is 5.41 Å². The van der Waals surface area contributed by atoms with Crippen molar-refractivity contribution in [2.24, 2.45) is 23.2 Å². The Morgan fingerprint density at radius 2 is 1.57 bits per heavy atom. The van der Waals surface area contributed by atoms with Gasteiger partial charge in [-0.05, 0) is 68.3 Å². The van der Waals surface area contributed by atoms with Crippen LogP contribution in [0.25, 0.3) is 0 Å². The third kappa shape index (κ3) is 3.98. The van der Waals surface area contributed by atoms with E-state index in [1.807, 2.05) is 12.1 Å². The Kier molecular flexibility index (Phi) is 5.26. The number of ether oxygens (including phenoxy) is 1. The van der Waals surface area contributed by atoms with E-state index in [0.29, 0.717) is 29.9 Å². The highest BCUT2D eigenvalue weighted by Crippen LogP contribution is 2.60. The number of rotatable bonds is 7. The van der Waals surface area contributed by atoms with Gasteiger partial charge in [-0.2, -0.15) is 0 Å². The van der Waals surface area contributed by atoms with Gasteiger partial charge in [0.15, 0.2) is 12.4 Å². The van der Waals surface area contributed by atoms with Crippen molar-refractivity contribution in [2.75, 3.05) is 13.2 Å². The summed E-state index contributed by atoms with van der Waals surface area (Å²) in [5.41, 5.74) is 1.29. The number of hydrogen-bond acceptors (Lipinski definition) is 4. The first-order valence-electron chi connectivity index (χ1n) is 10.5. The zero-order chi connectivity index (χ0) is 19.7. The number of amides is 1. The van der Waals surface area contributed by atoms with Crippen LogP contribution >= 0.6 is 0 Å². The molecule has 0 atom stereocenters. The molecule has 150 valence electrons. The van der Waals surface area contributed by atoms with Crippen LogP contribution in [0.5, 0.6) is 0 Å². The van der Waals surface area contributed by atoms with Crippen LogP contribution in [0.4, 0.5) is 0 Å². The normalized spacial score (nSPS) is 30.1. The minimum atomic E-state index is -0.317.